The third kappa shape index (κ3) is 3.07. The van der Waals surface area contributed by atoms with Crippen LogP contribution < -0.4 is 5.43 Å². The zero-order valence-electron chi connectivity index (χ0n) is 15.1. The first-order valence-electron chi connectivity index (χ1n) is 8.94. The van der Waals surface area contributed by atoms with Crippen LogP contribution in [0.15, 0.2) is 83.3 Å². The second-order valence-corrected chi connectivity index (χ2v) is 7.36. The van der Waals surface area contributed by atoms with Gasteiger partial charge in [-0.15, -0.1) is 11.3 Å². The fourth-order valence-corrected chi connectivity index (χ4v) is 4.09. The number of anilines is 1. The molecule has 7 heteroatoms. The highest BCUT2D eigenvalue weighted by Crippen LogP contribution is 2.36. The fraction of sp³-hybridized carbons (Fsp3) is 0. The van der Waals surface area contributed by atoms with Gasteiger partial charge in [-0.25, -0.2) is 4.98 Å². The number of nitrogens with one attached hydrogen (secondary N) is 1. The number of nitro groups is 1. The first-order valence-corrected chi connectivity index (χ1v) is 9.82. The maximum absolute atomic E-state index is 10.8. The first-order chi connectivity index (χ1) is 14.2. The van der Waals surface area contributed by atoms with E-state index in [1.807, 2.05) is 29.6 Å². The minimum atomic E-state index is -0.412. The topological polar surface area (TPSA) is 80.4 Å². The molecular formula is C22H14N4O2S. The van der Waals surface area contributed by atoms with Gasteiger partial charge in [0.1, 0.15) is 0 Å². The van der Waals surface area contributed by atoms with E-state index < -0.39 is 4.92 Å². The summed E-state index contributed by atoms with van der Waals surface area (Å²) in [5.41, 5.74) is 10.1. The van der Waals surface area contributed by atoms with Crippen molar-refractivity contribution in [1.29, 1.82) is 0 Å². The van der Waals surface area contributed by atoms with Crippen molar-refractivity contribution >= 4 is 27.9 Å². The molecule has 5 rings (SSSR count). The Balaban J connectivity index is 1.43. The lowest BCUT2D eigenvalue weighted by atomic mass is 10.1. The van der Waals surface area contributed by atoms with Gasteiger partial charge in [-0.2, -0.15) is 5.10 Å². The summed E-state index contributed by atoms with van der Waals surface area (Å²) in [6.07, 6.45) is 0. The molecule has 0 atom stereocenters. The largest absolute Gasteiger partial charge is 0.269 e. The lowest BCUT2D eigenvalue weighted by molar-refractivity contribution is -0.384. The molecule has 0 radical (unpaired) electrons. The van der Waals surface area contributed by atoms with Crippen LogP contribution in [0.25, 0.3) is 22.4 Å². The second-order valence-electron chi connectivity index (χ2n) is 6.51. The smallest absolute Gasteiger partial charge is 0.258 e. The van der Waals surface area contributed by atoms with Crippen LogP contribution in [0.5, 0.6) is 0 Å². The zero-order valence-corrected chi connectivity index (χ0v) is 15.9. The number of fused-ring (bicyclic) bond motifs is 3. The number of nitrogens with zero attached hydrogens (tertiary/aromatic N) is 3. The Morgan fingerprint density at radius 2 is 1.45 bits per heavy atom. The van der Waals surface area contributed by atoms with E-state index >= 15 is 0 Å². The van der Waals surface area contributed by atoms with E-state index in [-0.39, 0.29) is 5.69 Å². The van der Waals surface area contributed by atoms with Crippen molar-refractivity contribution in [3.63, 3.8) is 0 Å². The third-order valence-corrected chi connectivity index (χ3v) is 5.54. The molecule has 1 aliphatic carbocycles. The SMILES string of the molecule is O=[N+]([O-])c1ccc(-c2csc(NN=C3c4ccccc4-c4ccccc43)n2)cc1. The summed E-state index contributed by atoms with van der Waals surface area (Å²) < 4.78 is 0. The standard InChI is InChI=1S/C22H14N4O2S/c27-26(28)15-11-9-14(10-12-15)20-13-29-22(23-20)25-24-21-18-7-3-1-5-16(18)17-6-2-4-8-19(17)21/h1-13H,(H,23,25). The van der Waals surface area contributed by atoms with Crippen molar-refractivity contribution in [3.05, 3.63) is 99.4 Å². The van der Waals surface area contributed by atoms with Crippen molar-refractivity contribution in [2.45, 2.75) is 0 Å². The summed E-state index contributed by atoms with van der Waals surface area (Å²) in [5, 5.41) is 18.0. The van der Waals surface area contributed by atoms with Gasteiger partial charge in [0.05, 0.1) is 16.3 Å². The highest BCUT2D eigenvalue weighted by Gasteiger charge is 2.24. The van der Waals surface area contributed by atoms with Crippen molar-refractivity contribution in [3.8, 4) is 22.4 Å². The molecular weight excluding hydrogens is 384 g/mol. The highest BCUT2D eigenvalue weighted by molar-refractivity contribution is 7.14. The Hall–Kier alpha value is -3.84. The molecule has 0 unspecified atom stereocenters. The monoisotopic (exact) mass is 398 g/mol. The minimum Gasteiger partial charge on any atom is -0.258 e. The summed E-state index contributed by atoms with van der Waals surface area (Å²) in [6, 6.07) is 22.8. The molecule has 0 spiro atoms. The van der Waals surface area contributed by atoms with Crippen molar-refractivity contribution < 1.29 is 4.92 Å². The molecule has 0 aliphatic heterocycles. The lowest BCUT2D eigenvalue weighted by Gasteiger charge is -2.02. The van der Waals surface area contributed by atoms with Crippen LogP contribution in [0.2, 0.25) is 0 Å². The average Bonchev–Trinajstić information content (AvgIpc) is 3.35. The number of aromatic nitrogens is 1. The number of thiazole rings is 1. The number of hydrazone groups is 1. The van der Waals surface area contributed by atoms with E-state index in [1.54, 1.807) is 12.1 Å². The van der Waals surface area contributed by atoms with E-state index in [1.165, 1.54) is 34.6 Å². The molecule has 29 heavy (non-hydrogen) atoms. The normalized spacial score (nSPS) is 11.7. The Bertz CT molecular complexity index is 1210. The molecule has 1 aromatic heterocycles. The molecule has 140 valence electrons. The number of hydrogen-bond donors (Lipinski definition) is 1. The summed E-state index contributed by atoms with van der Waals surface area (Å²) in [5.74, 6) is 0. The van der Waals surface area contributed by atoms with Crippen molar-refractivity contribution in [1.82, 2.24) is 4.98 Å². The zero-order chi connectivity index (χ0) is 19.8. The number of hydrogen-bond acceptors (Lipinski definition) is 6. The van der Waals surface area contributed by atoms with Gasteiger partial charge < -0.3 is 0 Å². The van der Waals surface area contributed by atoms with Crippen molar-refractivity contribution in [2.24, 2.45) is 5.10 Å². The molecule has 6 nitrogen and oxygen atoms in total. The van der Waals surface area contributed by atoms with Crippen molar-refractivity contribution in [2.75, 3.05) is 5.43 Å². The Morgan fingerprint density at radius 1 is 0.862 bits per heavy atom. The van der Waals surface area contributed by atoms with E-state index in [9.17, 15) is 10.1 Å². The van der Waals surface area contributed by atoms with Gasteiger partial charge in [-0.1, -0.05) is 48.5 Å². The number of benzene rings is 3. The lowest BCUT2D eigenvalue weighted by Crippen LogP contribution is -2.02. The Labute approximate surface area is 170 Å². The van der Waals surface area contributed by atoms with Gasteiger partial charge >= 0.3 is 0 Å². The third-order valence-electron chi connectivity index (χ3n) is 4.80. The van der Waals surface area contributed by atoms with Gasteiger partial charge in [-0.05, 0) is 23.3 Å². The molecule has 0 saturated heterocycles. The predicted molar refractivity (Wildman–Crippen MR) is 115 cm³/mol. The molecule has 1 N–H and O–H groups in total. The number of rotatable bonds is 4. The molecule has 0 saturated carbocycles. The van der Waals surface area contributed by atoms with E-state index in [0.29, 0.717) is 5.13 Å². The van der Waals surface area contributed by atoms with Crippen LogP contribution in [0, 0.1) is 10.1 Å². The molecule has 0 fully saturated rings. The van der Waals surface area contributed by atoms with Crippen LogP contribution in [-0.4, -0.2) is 15.6 Å². The van der Waals surface area contributed by atoms with Gasteiger partial charge in [0.15, 0.2) is 0 Å². The minimum absolute atomic E-state index is 0.0623. The van der Waals surface area contributed by atoms with E-state index in [4.69, 9.17) is 0 Å². The van der Waals surface area contributed by atoms with E-state index in [2.05, 4.69) is 39.8 Å². The average molecular weight is 398 g/mol. The second kappa shape index (κ2) is 6.96. The summed E-state index contributed by atoms with van der Waals surface area (Å²) >= 11 is 1.44. The van der Waals surface area contributed by atoms with Gasteiger partial charge in [0.2, 0.25) is 5.13 Å². The van der Waals surface area contributed by atoms with Crippen LogP contribution in [0.1, 0.15) is 11.1 Å². The predicted octanol–water partition coefficient (Wildman–Crippen LogP) is 5.56. The molecule has 0 bridgehead atoms. The summed E-state index contributed by atoms with van der Waals surface area (Å²) in [7, 11) is 0. The molecule has 1 heterocycles. The number of nitro benzene ring substituents is 1. The van der Waals surface area contributed by atoms with Crippen LogP contribution >= 0.6 is 11.3 Å². The van der Waals surface area contributed by atoms with Crippen LogP contribution in [0.4, 0.5) is 10.8 Å². The molecule has 4 aromatic rings. The highest BCUT2D eigenvalue weighted by atomic mass is 32.1. The summed E-state index contributed by atoms with van der Waals surface area (Å²) in [4.78, 5) is 15.0. The summed E-state index contributed by atoms with van der Waals surface area (Å²) in [6.45, 7) is 0. The van der Waals surface area contributed by atoms with Gasteiger partial charge in [0.25, 0.3) is 5.69 Å². The quantitative estimate of drug-likeness (QED) is 0.317. The van der Waals surface area contributed by atoms with Crippen LogP contribution in [0.3, 0.4) is 0 Å². The first kappa shape index (κ1) is 17.3. The Kier molecular flexibility index (Phi) is 4.14. The molecule has 1 aliphatic rings. The fourth-order valence-electron chi connectivity index (χ4n) is 3.43. The maximum atomic E-state index is 10.8. The molecule has 3 aromatic carbocycles. The Morgan fingerprint density at radius 3 is 2.03 bits per heavy atom. The number of non-ortho nitro benzene ring substituents is 1. The van der Waals surface area contributed by atoms with Gasteiger partial charge in [-0.3, -0.25) is 15.5 Å². The van der Waals surface area contributed by atoms with E-state index in [0.717, 1.165) is 28.1 Å². The maximum Gasteiger partial charge on any atom is 0.269 e. The van der Waals surface area contributed by atoms with Crippen LogP contribution in [-0.2, 0) is 0 Å². The van der Waals surface area contributed by atoms with Gasteiger partial charge in [0, 0.05) is 34.2 Å². The molecule has 0 amide bonds.